The Hall–Kier alpha value is -1.92. The van der Waals surface area contributed by atoms with Crippen LogP contribution >= 0.6 is 0 Å². The molecular formula is C21H28N4O2. The van der Waals surface area contributed by atoms with Crippen LogP contribution in [-0.4, -0.2) is 71.8 Å². The molecule has 4 aliphatic rings. The number of likely N-dealkylation sites (N-methyl/N-ethyl adjacent to an activating group) is 1. The molecule has 4 aliphatic heterocycles. The fourth-order valence-electron chi connectivity index (χ4n) is 5.18. The van der Waals surface area contributed by atoms with Gasteiger partial charge >= 0.3 is 0 Å². The lowest BCUT2D eigenvalue weighted by Gasteiger charge is -2.47. The van der Waals surface area contributed by atoms with E-state index in [1.807, 2.05) is 11.9 Å². The molecule has 1 aromatic heterocycles. The van der Waals surface area contributed by atoms with Crippen LogP contribution in [0, 0.1) is 5.92 Å². The Balaban J connectivity index is 1.38. The quantitative estimate of drug-likeness (QED) is 0.905. The highest BCUT2D eigenvalue weighted by Crippen LogP contribution is 2.32. The molecule has 144 valence electrons. The van der Waals surface area contributed by atoms with Crippen molar-refractivity contribution in [1.82, 2.24) is 20.0 Å². The highest BCUT2D eigenvalue weighted by atomic mass is 16.5. The first-order chi connectivity index (χ1) is 13.2. The van der Waals surface area contributed by atoms with Gasteiger partial charge in [0.1, 0.15) is 0 Å². The zero-order valence-electron chi connectivity index (χ0n) is 16.0. The van der Waals surface area contributed by atoms with Crippen molar-refractivity contribution < 1.29 is 9.53 Å². The zero-order valence-corrected chi connectivity index (χ0v) is 16.0. The number of nitrogens with one attached hydrogen (secondary N) is 1. The van der Waals surface area contributed by atoms with Crippen LogP contribution in [0.2, 0.25) is 0 Å². The molecule has 4 fully saturated rings. The molecule has 5 heterocycles. The minimum absolute atomic E-state index is 0.0406. The van der Waals surface area contributed by atoms with Gasteiger partial charge in [-0.3, -0.25) is 9.89 Å². The van der Waals surface area contributed by atoms with E-state index in [1.165, 1.54) is 31.5 Å². The molecule has 1 amide bonds. The second-order valence-corrected chi connectivity index (χ2v) is 8.39. The Bertz CT molecular complexity index is 834. The topological polar surface area (TPSA) is 61.5 Å². The number of ether oxygens (including phenoxy) is 1. The summed E-state index contributed by atoms with van der Waals surface area (Å²) in [4.78, 5) is 17.6. The smallest absolute Gasteiger partial charge is 0.275 e. The molecule has 0 saturated carbocycles. The third kappa shape index (κ3) is 3.05. The summed E-state index contributed by atoms with van der Waals surface area (Å²) in [5, 5.41) is 8.44. The standard InChI is InChI=1S/C21H28N4O2/c1-24(19-13-25-8-4-15(19)5-9-25)21(26)20-17-3-2-16(12-18(17)22-23-20)14-6-10-27-11-7-14/h2-3,12,14-15,19H,4-11,13H2,1H3,(H,22,23)/t19-/m1/s1. The molecule has 6 rings (SSSR count). The van der Waals surface area contributed by atoms with E-state index in [1.54, 1.807) is 0 Å². The number of hydrogen-bond donors (Lipinski definition) is 1. The molecule has 6 nitrogen and oxygen atoms in total. The van der Waals surface area contributed by atoms with Crippen molar-refractivity contribution in [3.8, 4) is 0 Å². The second kappa shape index (κ2) is 6.91. The maximum absolute atomic E-state index is 13.2. The number of carbonyl (C=O) groups is 1. The summed E-state index contributed by atoms with van der Waals surface area (Å²) < 4.78 is 5.48. The highest BCUT2D eigenvalue weighted by molar-refractivity contribution is 6.04. The number of carbonyl (C=O) groups excluding carboxylic acids is 1. The Kier molecular flexibility index (Phi) is 4.40. The van der Waals surface area contributed by atoms with Gasteiger partial charge in [-0.1, -0.05) is 12.1 Å². The Morgan fingerprint density at radius 1 is 1.22 bits per heavy atom. The van der Waals surface area contributed by atoms with Crippen molar-refractivity contribution in [3.63, 3.8) is 0 Å². The molecule has 2 bridgehead atoms. The van der Waals surface area contributed by atoms with E-state index in [2.05, 4.69) is 33.3 Å². The van der Waals surface area contributed by atoms with Gasteiger partial charge in [0.2, 0.25) is 0 Å². The highest BCUT2D eigenvalue weighted by Gasteiger charge is 2.38. The molecule has 1 atom stereocenters. The van der Waals surface area contributed by atoms with Gasteiger partial charge in [0.15, 0.2) is 5.69 Å². The number of H-pyrrole nitrogens is 1. The van der Waals surface area contributed by atoms with Gasteiger partial charge in [0.05, 0.1) is 5.52 Å². The number of nitrogens with zero attached hydrogens (tertiary/aromatic N) is 3. The van der Waals surface area contributed by atoms with Crippen molar-refractivity contribution in [2.24, 2.45) is 5.92 Å². The zero-order chi connectivity index (χ0) is 18.4. The average Bonchev–Trinajstić information content (AvgIpc) is 3.17. The molecule has 0 radical (unpaired) electrons. The van der Waals surface area contributed by atoms with Crippen molar-refractivity contribution in [2.75, 3.05) is 39.9 Å². The van der Waals surface area contributed by atoms with Gasteiger partial charge in [-0.05, 0) is 62.2 Å². The predicted molar refractivity (Wildman–Crippen MR) is 104 cm³/mol. The van der Waals surface area contributed by atoms with Crippen molar-refractivity contribution >= 4 is 16.8 Å². The van der Waals surface area contributed by atoms with Crippen LogP contribution in [0.25, 0.3) is 10.9 Å². The van der Waals surface area contributed by atoms with E-state index in [-0.39, 0.29) is 5.91 Å². The van der Waals surface area contributed by atoms with E-state index in [4.69, 9.17) is 4.74 Å². The normalized spacial score (nSPS) is 28.6. The average molecular weight is 368 g/mol. The van der Waals surface area contributed by atoms with Gasteiger partial charge in [0, 0.05) is 38.2 Å². The lowest BCUT2D eigenvalue weighted by Crippen LogP contribution is -2.57. The van der Waals surface area contributed by atoms with Crippen LogP contribution in [0.15, 0.2) is 18.2 Å². The van der Waals surface area contributed by atoms with Crippen LogP contribution < -0.4 is 0 Å². The number of aromatic amines is 1. The Morgan fingerprint density at radius 2 is 2.00 bits per heavy atom. The van der Waals surface area contributed by atoms with Gasteiger partial charge in [-0.15, -0.1) is 0 Å². The summed E-state index contributed by atoms with van der Waals surface area (Å²) in [7, 11) is 1.95. The fourth-order valence-corrected chi connectivity index (χ4v) is 5.18. The van der Waals surface area contributed by atoms with Crippen molar-refractivity contribution in [3.05, 3.63) is 29.5 Å². The summed E-state index contributed by atoms with van der Waals surface area (Å²) in [6.45, 7) is 5.04. The molecule has 4 saturated heterocycles. The first kappa shape index (κ1) is 17.2. The van der Waals surface area contributed by atoms with E-state index in [9.17, 15) is 4.79 Å². The third-order valence-corrected chi connectivity index (χ3v) is 6.92. The monoisotopic (exact) mass is 368 g/mol. The minimum Gasteiger partial charge on any atom is -0.381 e. The van der Waals surface area contributed by atoms with Gasteiger partial charge in [-0.25, -0.2) is 0 Å². The minimum atomic E-state index is 0.0406. The maximum atomic E-state index is 13.2. The van der Waals surface area contributed by atoms with E-state index >= 15 is 0 Å². The third-order valence-electron chi connectivity index (χ3n) is 6.92. The summed E-state index contributed by atoms with van der Waals surface area (Å²) in [5.41, 5.74) is 2.84. The maximum Gasteiger partial charge on any atom is 0.275 e. The van der Waals surface area contributed by atoms with Crippen LogP contribution in [0.5, 0.6) is 0 Å². The van der Waals surface area contributed by atoms with E-state index in [0.29, 0.717) is 23.6 Å². The molecule has 1 N–H and O–H groups in total. The molecular weight excluding hydrogens is 340 g/mol. The number of rotatable bonds is 3. The lowest BCUT2D eigenvalue weighted by molar-refractivity contribution is 0.0160. The van der Waals surface area contributed by atoms with Crippen LogP contribution in [0.4, 0.5) is 0 Å². The number of amides is 1. The number of hydrogen-bond acceptors (Lipinski definition) is 4. The Morgan fingerprint density at radius 3 is 2.70 bits per heavy atom. The molecule has 0 aliphatic carbocycles. The predicted octanol–water partition coefficient (Wildman–Crippen LogP) is 2.62. The van der Waals surface area contributed by atoms with Crippen molar-refractivity contribution in [1.29, 1.82) is 0 Å². The first-order valence-electron chi connectivity index (χ1n) is 10.3. The number of aromatic nitrogens is 2. The van der Waals surface area contributed by atoms with Gasteiger partial charge < -0.3 is 14.5 Å². The SMILES string of the molecule is CN(C(=O)c1n[nH]c2cc(C3CCOCC3)ccc12)[C@@H]1CN2CCC1CC2. The molecule has 6 heteroatoms. The summed E-state index contributed by atoms with van der Waals surface area (Å²) in [6.07, 6.45) is 4.54. The van der Waals surface area contributed by atoms with E-state index < -0.39 is 0 Å². The number of benzene rings is 1. The molecule has 27 heavy (non-hydrogen) atoms. The van der Waals surface area contributed by atoms with E-state index in [0.717, 1.165) is 43.5 Å². The van der Waals surface area contributed by atoms with Crippen molar-refractivity contribution in [2.45, 2.75) is 37.6 Å². The van der Waals surface area contributed by atoms with Gasteiger partial charge in [-0.2, -0.15) is 5.10 Å². The largest absolute Gasteiger partial charge is 0.381 e. The number of piperidine rings is 3. The van der Waals surface area contributed by atoms with Crippen LogP contribution in [-0.2, 0) is 4.74 Å². The van der Waals surface area contributed by atoms with Crippen LogP contribution in [0.3, 0.4) is 0 Å². The molecule has 1 aromatic carbocycles. The molecule has 0 unspecified atom stereocenters. The molecule has 0 spiro atoms. The molecule has 2 aromatic rings. The lowest BCUT2D eigenvalue weighted by atomic mass is 9.83. The summed E-state index contributed by atoms with van der Waals surface area (Å²) in [6, 6.07) is 6.72. The Labute approximate surface area is 159 Å². The van der Waals surface area contributed by atoms with Gasteiger partial charge in [0.25, 0.3) is 5.91 Å². The second-order valence-electron chi connectivity index (χ2n) is 8.39. The summed E-state index contributed by atoms with van der Waals surface area (Å²) >= 11 is 0. The fraction of sp³-hybridized carbons (Fsp3) is 0.619. The number of fused-ring (bicyclic) bond motifs is 4. The first-order valence-corrected chi connectivity index (χ1v) is 10.3. The van der Waals surface area contributed by atoms with Crippen LogP contribution in [0.1, 0.15) is 47.7 Å². The summed E-state index contributed by atoms with van der Waals surface area (Å²) in [5.74, 6) is 1.22.